The molecule has 9 aromatic rings. The van der Waals surface area contributed by atoms with E-state index in [0.29, 0.717) is 6.67 Å². The van der Waals surface area contributed by atoms with Gasteiger partial charge in [-0.15, -0.1) is 0 Å². The Kier molecular flexibility index (Phi) is 10.7. The summed E-state index contributed by atoms with van der Waals surface area (Å²) in [5.74, 6) is 2.42. The Hall–Kier alpha value is -7.11. The van der Waals surface area contributed by atoms with Gasteiger partial charge in [-0.1, -0.05) is 166 Å². The van der Waals surface area contributed by atoms with Crippen LogP contribution in [-0.2, 0) is 21.7 Å². The summed E-state index contributed by atoms with van der Waals surface area (Å²) in [7, 11) is 0. The molecule has 0 radical (unpaired) electrons. The number of pyridine rings is 1. The van der Waals surface area contributed by atoms with Gasteiger partial charge in [0.1, 0.15) is 24.0 Å². The van der Waals surface area contributed by atoms with Crippen molar-refractivity contribution in [3.8, 4) is 17.3 Å². The number of rotatable bonds is 9. The second-order valence-corrected chi connectivity index (χ2v) is 21.5. The zero-order chi connectivity index (χ0) is 46.9. The zero-order valence-electron chi connectivity index (χ0n) is 40.7. The lowest BCUT2D eigenvalue weighted by Gasteiger charge is -2.29. The summed E-state index contributed by atoms with van der Waals surface area (Å²) in [5, 5.41) is 2.34. The summed E-state index contributed by atoms with van der Waals surface area (Å²) < 4.78 is 9.47. The molecule has 2 aromatic heterocycles. The van der Waals surface area contributed by atoms with Crippen LogP contribution in [-0.4, -0.2) is 16.2 Å². The van der Waals surface area contributed by atoms with Gasteiger partial charge in [0.25, 0.3) is 0 Å². The fraction of sp³-hybridized carbons (Fsp3) is 0.242. The van der Waals surface area contributed by atoms with Gasteiger partial charge in [-0.2, -0.15) is 0 Å². The fourth-order valence-corrected chi connectivity index (χ4v) is 9.84. The van der Waals surface area contributed by atoms with Crippen LogP contribution in [0.2, 0.25) is 0 Å². The SMILES string of the molecule is CC(C)(C)c1cccc(N2CN(c3cc(Oc4ccc5c6ccc(C(C)(C)C)cc6n(-c6cc(C(C)(C)c7ccccc7)ccn6)c5c4)cc(C(C)(C)c4ccccc4)c3)c3ccccc32)c1. The lowest BCUT2D eigenvalue weighted by molar-refractivity contribution is 0.480. The number of hydrogen-bond acceptors (Lipinski definition) is 4. The van der Waals surface area contributed by atoms with Gasteiger partial charge in [-0.3, -0.25) is 4.57 Å². The second kappa shape index (κ2) is 16.3. The van der Waals surface area contributed by atoms with E-state index in [1.165, 1.54) is 50.1 Å². The first-order chi connectivity index (χ1) is 32.0. The lowest BCUT2D eigenvalue weighted by Crippen LogP contribution is -2.25. The topological polar surface area (TPSA) is 33.5 Å². The Labute approximate surface area is 397 Å². The van der Waals surface area contributed by atoms with Crippen LogP contribution in [0.25, 0.3) is 27.6 Å². The van der Waals surface area contributed by atoms with Crippen LogP contribution in [0, 0.1) is 0 Å². The first-order valence-corrected chi connectivity index (χ1v) is 23.7. The minimum atomic E-state index is -0.319. The molecule has 3 heterocycles. The molecule has 0 N–H and O–H groups in total. The van der Waals surface area contributed by atoms with Crippen LogP contribution in [0.4, 0.5) is 22.7 Å². The van der Waals surface area contributed by atoms with Gasteiger partial charge < -0.3 is 14.5 Å². The third-order valence-electron chi connectivity index (χ3n) is 14.2. The maximum absolute atomic E-state index is 7.14. The third kappa shape index (κ3) is 8.05. The van der Waals surface area contributed by atoms with E-state index in [0.717, 1.165) is 45.1 Å². The molecule has 0 saturated heterocycles. The summed E-state index contributed by atoms with van der Waals surface area (Å²) in [6.07, 6.45) is 1.96. The highest BCUT2D eigenvalue weighted by atomic mass is 16.5. The fourth-order valence-electron chi connectivity index (χ4n) is 9.84. The van der Waals surface area contributed by atoms with E-state index < -0.39 is 0 Å². The van der Waals surface area contributed by atoms with E-state index in [4.69, 9.17) is 9.72 Å². The first kappa shape index (κ1) is 43.8. The normalized spacial score (nSPS) is 13.4. The number of anilines is 4. The van der Waals surface area contributed by atoms with Crippen LogP contribution in [0.1, 0.15) is 103 Å². The standard InChI is InChI=1S/C62H62N4O/c1-59(2,3)44-24-19-25-48(34-44)64-41-65(55-27-18-17-26-54(55)64)49-35-47(62(9,10)43-22-15-12-16-23-43)36-51(39-49)67-50-29-31-53-52-30-28-45(60(4,5)6)37-56(52)66(57(53)40-50)58-38-46(32-33-63-58)61(7,8)42-20-13-11-14-21-42/h11-40H,41H2,1-10H3. The van der Waals surface area contributed by atoms with Gasteiger partial charge in [-0.05, 0) is 111 Å². The van der Waals surface area contributed by atoms with Crippen LogP contribution < -0.4 is 14.5 Å². The Morgan fingerprint density at radius 1 is 0.403 bits per heavy atom. The van der Waals surface area contributed by atoms with E-state index in [2.05, 4.69) is 260 Å². The van der Waals surface area contributed by atoms with Gasteiger partial charge in [-0.25, -0.2) is 4.98 Å². The Morgan fingerprint density at radius 2 is 0.940 bits per heavy atom. The molecule has 10 rings (SSSR count). The summed E-state index contributed by atoms with van der Waals surface area (Å²) in [5.41, 5.74) is 13.7. The van der Waals surface area contributed by atoms with E-state index in [1.54, 1.807) is 0 Å². The average molecular weight is 879 g/mol. The Morgan fingerprint density at radius 3 is 1.58 bits per heavy atom. The highest BCUT2D eigenvalue weighted by Crippen LogP contribution is 2.48. The molecule has 336 valence electrons. The molecular formula is C62H62N4O. The van der Waals surface area contributed by atoms with E-state index >= 15 is 0 Å². The van der Waals surface area contributed by atoms with Crippen molar-refractivity contribution in [3.05, 3.63) is 216 Å². The quantitative estimate of drug-likeness (QED) is 0.145. The third-order valence-corrected chi connectivity index (χ3v) is 14.2. The van der Waals surface area contributed by atoms with Crippen molar-refractivity contribution in [1.29, 1.82) is 0 Å². The first-order valence-electron chi connectivity index (χ1n) is 23.7. The molecule has 7 aromatic carbocycles. The van der Waals surface area contributed by atoms with Crippen LogP contribution in [0.3, 0.4) is 0 Å². The minimum Gasteiger partial charge on any atom is -0.457 e. The van der Waals surface area contributed by atoms with Crippen molar-refractivity contribution in [2.24, 2.45) is 0 Å². The highest BCUT2D eigenvalue weighted by molar-refractivity contribution is 6.09. The summed E-state index contributed by atoms with van der Waals surface area (Å²) in [6.45, 7) is 23.5. The molecule has 0 atom stereocenters. The minimum absolute atomic E-state index is 0.0328. The largest absolute Gasteiger partial charge is 0.457 e. The van der Waals surface area contributed by atoms with Gasteiger partial charge in [0.15, 0.2) is 0 Å². The van der Waals surface area contributed by atoms with Gasteiger partial charge in [0.2, 0.25) is 0 Å². The summed E-state index contributed by atoms with van der Waals surface area (Å²) in [6, 6.07) is 64.0. The smallest absolute Gasteiger partial charge is 0.137 e. The molecule has 5 heteroatoms. The second-order valence-electron chi connectivity index (χ2n) is 21.5. The number of ether oxygens (including phenoxy) is 1. The van der Waals surface area contributed by atoms with Gasteiger partial charge in [0.05, 0.1) is 22.4 Å². The Balaban J connectivity index is 1.11. The molecule has 0 amide bonds. The Bertz CT molecular complexity index is 3280. The number of aromatic nitrogens is 2. The maximum atomic E-state index is 7.14. The van der Waals surface area contributed by atoms with Crippen LogP contribution in [0.15, 0.2) is 182 Å². The highest BCUT2D eigenvalue weighted by Gasteiger charge is 2.32. The van der Waals surface area contributed by atoms with Crippen molar-refractivity contribution < 1.29 is 4.74 Å². The predicted octanol–water partition coefficient (Wildman–Crippen LogP) is 16.5. The van der Waals surface area contributed by atoms with Gasteiger partial charge in [0, 0.05) is 51.3 Å². The monoisotopic (exact) mass is 878 g/mol. The molecule has 1 aliphatic rings. The molecule has 67 heavy (non-hydrogen) atoms. The zero-order valence-corrected chi connectivity index (χ0v) is 40.7. The van der Waals surface area contributed by atoms with Crippen LogP contribution >= 0.6 is 0 Å². The average Bonchev–Trinajstić information content (AvgIpc) is 3.87. The maximum Gasteiger partial charge on any atom is 0.137 e. The molecule has 0 aliphatic carbocycles. The van der Waals surface area contributed by atoms with Crippen molar-refractivity contribution in [3.63, 3.8) is 0 Å². The molecule has 5 nitrogen and oxygen atoms in total. The van der Waals surface area contributed by atoms with Crippen molar-refractivity contribution in [1.82, 2.24) is 9.55 Å². The molecule has 0 bridgehead atoms. The molecule has 0 spiro atoms. The van der Waals surface area contributed by atoms with Gasteiger partial charge >= 0.3 is 0 Å². The summed E-state index contributed by atoms with van der Waals surface area (Å²) >= 11 is 0. The van der Waals surface area contributed by atoms with E-state index in [-0.39, 0.29) is 21.7 Å². The van der Waals surface area contributed by atoms with E-state index in [1.807, 2.05) is 6.20 Å². The molecule has 0 fully saturated rings. The number of benzene rings is 7. The number of para-hydroxylation sites is 2. The number of fused-ring (bicyclic) bond motifs is 4. The number of nitrogens with zero attached hydrogens (tertiary/aromatic N) is 4. The molecule has 1 aliphatic heterocycles. The van der Waals surface area contributed by atoms with Crippen molar-refractivity contribution in [2.45, 2.75) is 90.9 Å². The number of hydrogen-bond donors (Lipinski definition) is 0. The van der Waals surface area contributed by atoms with Crippen molar-refractivity contribution >= 4 is 44.6 Å². The molecule has 0 unspecified atom stereocenters. The molecule has 0 saturated carbocycles. The summed E-state index contributed by atoms with van der Waals surface area (Å²) in [4.78, 5) is 9.96. The predicted molar refractivity (Wildman–Crippen MR) is 282 cm³/mol. The lowest BCUT2D eigenvalue weighted by atomic mass is 9.78. The van der Waals surface area contributed by atoms with E-state index in [9.17, 15) is 0 Å². The molecular weight excluding hydrogens is 817 g/mol. The van der Waals surface area contributed by atoms with Crippen molar-refractivity contribution in [2.75, 3.05) is 16.5 Å². The van der Waals surface area contributed by atoms with Crippen LogP contribution in [0.5, 0.6) is 11.5 Å².